The summed E-state index contributed by atoms with van der Waals surface area (Å²) in [5.41, 5.74) is 3.52. The summed E-state index contributed by atoms with van der Waals surface area (Å²) in [5.74, 6) is 0.423. The summed E-state index contributed by atoms with van der Waals surface area (Å²) in [6, 6.07) is 8.36. The third-order valence-corrected chi connectivity index (χ3v) is 2.92. The van der Waals surface area contributed by atoms with E-state index in [1.807, 2.05) is 26.0 Å². The largest absolute Gasteiger partial charge is 0.508 e. The van der Waals surface area contributed by atoms with Crippen molar-refractivity contribution in [2.75, 3.05) is 0 Å². The first-order valence-electron chi connectivity index (χ1n) is 5.76. The third-order valence-electron chi connectivity index (χ3n) is 2.92. The minimum atomic E-state index is 0.0530. The zero-order valence-electron chi connectivity index (χ0n) is 10.4. The molecule has 0 unspecified atom stereocenters. The van der Waals surface area contributed by atoms with Gasteiger partial charge >= 0.3 is 0 Å². The lowest BCUT2D eigenvalue weighted by Crippen LogP contribution is -1.91. The van der Waals surface area contributed by atoms with Crippen molar-refractivity contribution in [2.24, 2.45) is 0 Å². The molecule has 0 aromatic heterocycles. The molecule has 3 N–H and O–H groups in total. The molecule has 2 aromatic rings. The van der Waals surface area contributed by atoms with E-state index in [0.717, 1.165) is 22.3 Å². The maximum atomic E-state index is 9.71. The molecule has 94 valence electrons. The third kappa shape index (κ3) is 2.56. The molecule has 3 heteroatoms. The number of aromatic hydroxyl groups is 3. The zero-order chi connectivity index (χ0) is 13.3. The summed E-state index contributed by atoms with van der Waals surface area (Å²) >= 11 is 0. The van der Waals surface area contributed by atoms with Gasteiger partial charge in [0, 0.05) is 6.07 Å². The van der Waals surface area contributed by atoms with Gasteiger partial charge in [-0.2, -0.15) is 0 Å². The van der Waals surface area contributed by atoms with Crippen molar-refractivity contribution in [2.45, 2.75) is 20.3 Å². The van der Waals surface area contributed by atoms with E-state index in [1.54, 1.807) is 12.1 Å². The Morgan fingerprint density at radius 2 is 1.17 bits per heavy atom. The summed E-state index contributed by atoms with van der Waals surface area (Å²) in [7, 11) is 0. The number of phenols is 3. The van der Waals surface area contributed by atoms with Gasteiger partial charge in [0.1, 0.15) is 17.2 Å². The summed E-state index contributed by atoms with van der Waals surface area (Å²) < 4.78 is 0. The van der Waals surface area contributed by atoms with Crippen LogP contribution in [0.1, 0.15) is 22.3 Å². The van der Waals surface area contributed by atoms with Crippen molar-refractivity contribution in [3.8, 4) is 17.2 Å². The van der Waals surface area contributed by atoms with Crippen LogP contribution in [0.3, 0.4) is 0 Å². The minimum Gasteiger partial charge on any atom is -0.508 e. The van der Waals surface area contributed by atoms with Gasteiger partial charge in [-0.3, -0.25) is 0 Å². The average Bonchev–Trinajstić information content (AvgIpc) is 2.24. The van der Waals surface area contributed by atoms with E-state index in [1.165, 1.54) is 6.07 Å². The maximum Gasteiger partial charge on any atom is 0.121 e. The molecule has 0 aliphatic rings. The van der Waals surface area contributed by atoms with E-state index in [-0.39, 0.29) is 11.5 Å². The van der Waals surface area contributed by atoms with E-state index in [4.69, 9.17) is 0 Å². The first-order chi connectivity index (χ1) is 8.45. The second-order valence-corrected chi connectivity index (χ2v) is 4.61. The fraction of sp³-hybridized carbons (Fsp3) is 0.200. The molecule has 0 bridgehead atoms. The highest BCUT2D eigenvalue weighted by atomic mass is 16.3. The Kier molecular flexibility index (Phi) is 3.15. The highest BCUT2D eigenvalue weighted by Crippen LogP contribution is 2.26. The Hall–Kier alpha value is -2.16. The van der Waals surface area contributed by atoms with E-state index in [9.17, 15) is 15.3 Å². The van der Waals surface area contributed by atoms with E-state index in [0.29, 0.717) is 12.2 Å². The molecule has 0 fully saturated rings. The van der Waals surface area contributed by atoms with Gasteiger partial charge in [0.2, 0.25) is 0 Å². The molecule has 0 saturated heterocycles. The molecule has 2 rings (SSSR count). The quantitative estimate of drug-likeness (QED) is 0.761. The smallest absolute Gasteiger partial charge is 0.121 e. The first kappa shape index (κ1) is 12.3. The van der Waals surface area contributed by atoms with Gasteiger partial charge in [-0.1, -0.05) is 12.1 Å². The van der Waals surface area contributed by atoms with Crippen LogP contribution in [-0.4, -0.2) is 15.3 Å². The summed E-state index contributed by atoms with van der Waals surface area (Å²) in [6.45, 7) is 3.71. The number of aryl methyl sites for hydroxylation is 2. The summed E-state index contributed by atoms with van der Waals surface area (Å²) in [6.07, 6.45) is 0.601. The Bertz CT molecular complexity index is 545. The van der Waals surface area contributed by atoms with Crippen molar-refractivity contribution in [1.29, 1.82) is 0 Å². The van der Waals surface area contributed by atoms with Crippen LogP contribution in [0.2, 0.25) is 0 Å². The monoisotopic (exact) mass is 244 g/mol. The molecular formula is C15H16O3. The van der Waals surface area contributed by atoms with Crippen LogP contribution in [0.15, 0.2) is 30.3 Å². The summed E-state index contributed by atoms with van der Waals surface area (Å²) in [5, 5.41) is 28.6. The van der Waals surface area contributed by atoms with Crippen LogP contribution in [0.25, 0.3) is 0 Å². The Morgan fingerprint density at radius 3 is 1.67 bits per heavy atom. The fourth-order valence-electron chi connectivity index (χ4n) is 2.14. The topological polar surface area (TPSA) is 60.7 Å². The fourth-order valence-corrected chi connectivity index (χ4v) is 2.14. The number of hydrogen-bond acceptors (Lipinski definition) is 3. The number of phenolic OH excluding ortho intramolecular Hbond substituents is 3. The lowest BCUT2D eigenvalue weighted by atomic mass is 9.99. The molecule has 0 aliphatic carbocycles. The highest BCUT2D eigenvalue weighted by Gasteiger charge is 2.05. The van der Waals surface area contributed by atoms with Gasteiger partial charge < -0.3 is 15.3 Å². The second-order valence-electron chi connectivity index (χ2n) is 4.61. The SMILES string of the molecule is Cc1cc(Cc2cc(O)cc(O)c2)cc(C)c1O. The molecule has 0 spiro atoms. The molecule has 0 atom stereocenters. The molecule has 18 heavy (non-hydrogen) atoms. The molecule has 0 amide bonds. The highest BCUT2D eigenvalue weighted by molar-refractivity contribution is 5.45. The Morgan fingerprint density at radius 1 is 0.722 bits per heavy atom. The van der Waals surface area contributed by atoms with Gasteiger partial charge in [0.15, 0.2) is 0 Å². The normalized spacial score (nSPS) is 10.6. The van der Waals surface area contributed by atoms with Crippen molar-refractivity contribution < 1.29 is 15.3 Å². The van der Waals surface area contributed by atoms with Crippen LogP contribution in [0.4, 0.5) is 0 Å². The van der Waals surface area contributed by atoms with Crippen LogP contribution in [0.5, 0.6) is 17.2 Å². The van der Waals surface area contributed by atoms with Crippen molar-refractivity contribution in [3.63, 3.8) is 0 Å². The van der Waals surface area contributed by atoms with E-state index < -0.39 is 0 Å². The average molecular weight is 244 g/mol. The van der Waals surface area contributed by atoms with Gasteiger partial charge in [0.05, 0.1) is 0 Å². The van der Waals surface area contributed by atoms with E-state index >= 15 is 0 Å². The molecule has 0 radical (unpaired) electrons. The lowest BCUT2D eigenvalue weighted by molar-refractivity contribution is 0.449. The number of hydrogen-bond donors (Lipinski definition) is 3. The first-order valence-corrected chi connectivity index (χ1v) is 5.76. The van der Waals surface area contributed by atoms with Crippen molar-refractivity contribution >= 4 is 0 Å². The van der Waals surface area contributed by atoms with E-state index in [2.05, 4.69) is 0 Å². The van der Waals surface area contributed by atoms with Gasteiger partial charge in [0.25, 0.3) is 0 Å². The predicted octanol–water partition coefficient (Wildman–Crippen LogP) is 3.01. The second kappa shape index (κ2) is 4.61. The molecule has 3 nitrogen and oxygen atoms in total. The zero-order valence-corrected chi connectivity index (χ0v) is 10.4. The molecule has 2 aromatic carbocycles. The molecule has 0 heterocycles. The maximum absolute atomic E-state index is 9.71. The van der Waals surface area contributed by atoms with Gasteiger partial charge in [-0.15, -0.1) is 0 Å². The lowest BCUT2D eigenvalue weighted by Gasteiger charge is -2.08. The van der Waals surface area contributed by atoms with Crippen LogP contribution >= 0.6 is 0 Å². The van der Waals surface area contributed by atoms with Crippen molar-refractivity contribution in [3.05, 3.63) is 52.6 Å². The van der Waals surface area contributed by atoms with Crippen molar-refractivity contribution in [1.82, 2.24) is 0 Å². The Labute approximate surface area is 106 Å². The standard InChI is InChI=1S/C15H16O3/c1-9-3-11(4-10(2)15(9)18)5-12-6-13(16)8-14(17)7-12/h3-4,6-8,16-18H,5H2,1-2H3. The minimum absolute atomic E-state index is 0.0530. The number of rotatable bonds is 2. The van der Waals surface area contributed by atoms with Crippen LogP contribution in [0, 0.1) is 13.8 Å². The summed E-state index contributed by atoms with van der Waals surface area (Å²) in [4.78, 5) is 0. The van der Waals surface area contributed by atoms with Crippen LogP contribution < -0.4 is 0 Å². The van der Waals surface area contributed by atoms with Gasteiger partial charge in [-0.25, -0.2) is 0 Å². The Balaban J connectivity index is 2.34. The van der Waals surface area contributed by atoms with Crippen LogP contribution in [-0.2, 0) is 6.42 Å². The van der Waals surface area contributed by atoms with Gasteiger partial charge in [-0.05, 0) is 54.7 Å². The molecule has 0 aliphatic heterocycles. The number of benzene rings is 2. The predicted molar refractivity (Wildman–Crippen MR) is 70.2 cm³/mol. The molecule has 0 saturated carbocycles. The molecular weight excluding hydrogens is 228 g/mol.